The second-order valence-corrected chi connectivity index (χ2v) is 6.64. The molecular weight excluding hydrogens is 359 g/mol. The van der Waals surface area contributed by atoms with Crippen LogP contribution in [0.15, 0.2) is 48.9 Å². The summed E-state index contributed by atoms with van der Waals surface area (Å²) in [5, 5.41) is 24.6. The van der Waals surface area contributed by atoms with Crippen LogP contribution in [0.4, 0.5) is 0 Å². The summed E-state index contributed by atoms with van der Waals surface area (Å²) in [6.45, 7) is 3.71. The summed E-state index contributed by atoms with van der Waals surface area (Å²) < 4.78 is 0. The molecule has 8 nitrogen and oxygen atoms in total. The monoisotopic (exact) mass is 384 g/mol. The first-order chi connectivity index (χ1) is 13.4. The molecule has 2 amide bonds. The van der Waals surface area contributed by atoms with Crippen LogP contribution in [0.2, 0.25) is 0 Å². The maximum absolute atomic E-state index is 12.9. The van der Waals surface area contributed by atoms with Crippen LogP contribution in [-0.2, 0) is 11.2 Å². The second kappa shape index (κ2) is 10.5. The van der Waals surface area contributed by atoms with Crippen LogP contribution in [-0.4, -0.2) is 50.9 Å². The highest BCUT2D eigenvalue weighted by Gasteiger charge is 2.32. The minimum Gasteiger partial charge on any atom is -0.426 e. The summed E-state index contributed by atoms with van der Waals surface area (Å²) in [7, 11) is -1.70. The molecule has 0 saturated carbocycles. The van der Waals surface area contributed by atoms with Gasteiger partial charge in [-0.25, -0.2) is 4.98 Å². The second-order valence-electron chi connectivity index (χ2n) is 6.64. The van der Waals surface area contributed by atoms with E-state index >= 15 is 0 Å². The SMILES string of the molecule is CCC(C)[C@H](NC(=O)[C@H](Cc1ccccc1)NC(=O)c1cnccn1)B(O)O. The molecule has 3 atom stereocenters. The predicted octanol–water partition coefficient (Wildman–Crippen LogP) is 0.361. The van der Waals surface area contributed by atoms with E-state index in [1.54, 1.807) is 0 Å². The molecule has 0 aliphatic carbocycles. The van der Waals surface area contributed by atoms with Crippen molar-refractivity contribution in [1.82, 2.24) is 20.6 Å². The number of hydrogen-bond acceptors (Lipinski definition) is 6. The van der Waals surface area contributed by atoms with E-state index < -0.39 is 30.9 Å². The zero-order chi connectivity index (χ0) is 20.5. The van der Waals surface area contributed by atoms with Gasteiger partial charge >= 0.3 is 7.12 Å². The Bertz CT molecular complexity index is 761. The molecule has 0 aliphatic heterocycles. The Balaban J connectivity index is 2.19. The van der Waals surface area contributed by atoms with Crippen molar-refractivity contribution in [3.63, 3.8) is 0 Å². The van der Waals surface area contributed by atoms with Crippen LogP contribution >= 0.6 is 0 Å². The van der Waals surface area contributed by atoms with Gasteiger partial charge in [0.2, 0.25) is 5.91 Å². The zero-order valence-corrected chi connectivity index (χ0v) is 15.9. The summed E-state index contributed by atoms with van der Waals surface area (Å²) >= 11 is 0. The number of amides is 2. The first kappa shape index (κ1) is 21.5. The summed E-state index contributed by atoms with van der Waals surface area (Å²) in [6.07, 6.45) is 5.05. The quantitative estimate of drug-likeness (QED) is 0.463. The highest BCUT2D eigenvalue weighted by atomic mass is 16.4. The number of rotatable bonds is 9. The van der Waals surface area contributed by atoms with Gasteiger partial charge in [-0.05, 0) is 11.5 Å². The molecule has 1 unspecified atom stereocenters. The van der Waals surface area contributed by atoms with E-state index in [0.717, 1.165) is 5.56 Å². The fraction of sp³-hybridized carbons (Fsp3) is 0.368. The van der Waals surface area contributed by atoms with E-state index in [2.05, 4.69) is 20.6 Å². The van der Waals surface area contributed by atoms with Crippen molar-refractivity contribution < 1.29 is 19.6 Å². The van der Waals surface area contributed by atoms with Crippen LogP contribution in [0.5, 0.6) is 0 Å². The van der Waals surface area contributed by atoms with E-state index in [1.807, 2.05) is 44.2 Å². The third-order valence-corrected chi connectivity index (χ3v) is 4.59. The number of aromatic nitrogens is 2. The Morgan fingerprint density at radius 2 is 1.86 bits per heavy atom. The molecule has 0 bridgehead atoms. The van der Waals surface area contributed by atoms with E-state index in [1.165, 1.54) is 18.6 Å². The molecule has 2 rings (SSSR count). The molecule has 28 heavy (non-hydrogen) atoms. The first-order valence-corrected chi connectivity index (χ1v) is 9.19. The van der Waals surface area contributed by atoms with Crippen molar-refractivity contribution in [2.75, 3.05) is 0 Å². The first-order valence-electron chi connectivity index (χ1n) is 9.19. The number of nitrogens with one attached hydrogen (secondary N) is 2. The summed E-state index contributed by atoms with van der Waals surface area (Å²) in [6, 6.07) is 8.33. The van der Waals surface area contributed by atoms with E-state index in [9.17, 15) is 19.6 Å². The average molecular weight is 384 g/mol. The Labute approximate surface area is 164 Å². The molecule has 0 fully saturated rings. The fourth-order valence-electron chi connectivity index (χ4n) is 2.74. The van der Waals surface area contributed by atoms with Crippen molar-refractivity contribution in [1.29, 1.82) is 0 Å². The summed E-state index contributed by atoms with van der Waals surface area (Å²) in [4.78, 5) is 33.1. The van der Waals surface area contributed by atoms with Crippen molar-refractivity contribution in [2.45, 2.75) is 38.7 Å². The van der Waals surface area contributed by atoms with Crippen LogP contribution in [0.3, 0.4) is 0 Å². The van der Waals surface area contributed by atoms with Gasteiger partial charge in [0.1, 0.15) is 11.7 Å². The minimum absolute atomic E-state index is 0.0917. The molecule has 0 saturated heterocycles. The van der Waals surface area contributed by atoms with Gasteiger partial charge in [-0.1, -0.05) is 50.6 Å². The van der Waals surface area contributed by atoms with Crippen molar-refractivity contribution in [2.24, 2.45) is 5.92 Å². The Kier molecular flexibility index (Phi) is 8.10. The summed E-state index contributed by atoms with van der Waals surface area (Å²) in [5.74, 6) is -2.03. The molecule has 0 spiro atoms. The van der Waals surface area contributed by atoms with Crippen molar-refractivity contribution in [3.05, 3.63) is 60.2 Å². The smallest absolute Gasteiger partial charge is 0.426 e. The average Bonchev–Trinajstić information content (AvgIpc) is 2.71. The van der Waals surface area contributed by atoms with Crippen LogP contribution in [0.25, 0.3) is 0 Å². The Hall–Kier alpha value is -2.78. The molecule has 1 aromatic heterocycles. The van der Waals surface area contributed by atoms with Crippen LogP contribution in [0, 0.1) is 5.92 Å². The zero-order valence-electron chi connectivity index (χ0n) is 15.9. The molecule has 0 radical (unpaired) electrons. The summed E-state index contributed by atoms with van der Waals surface area (Å²) in [5.41, 5.74) is 0.945. The van der Waals surface area contributed by atoms with Gasteiger partial charge < -0.3 is 20.7 Å². The van der Waals surface area contributed by atoms with Crippen LogP contribution in [0.1, 0.15) is 36.3 Å². The number of carbonyl (C=O) groups excluding carboxylic acids is 2. The molecular formula is C19H25BN4O4. The van der Waals surface area contributed by atoms with Gasteiger partial charge in [-0.15, -0.1) is 0 Å². The lowest BCUT2D eigenvalue weighted by atomic mass is 9.71. The highest BCUT2D eigenvalue weighted by molar-refractivity contribution is 6.43. The largest absolute Gasteiger partial charge is 0.475 e. The molecule has 4 N–H and O–H groups in total. The maximum atomic E-state index is 12.9. The Morgan fingerprint density at radius 3 is 2.43 bits per heavy atom. The minimum atomic E-state index is -1.70. The number of nitrogens with zero attached hydrogens (tertiary/aromatic N) is 2. The van der Waals surface area contributed by atoms with Crippen molar-refractivity contribution >= 4 is 18.9 Å². The lowest BCUT2D eigenvalue weighted by molar-refractivity contribution is -0.123. The molecule has 0 aliphatic rings. The number of hydrogen-bond donors (Lipinski definition) is 4. The lowest BCUT2D eigenvalue weighted by Gasteiger charge is -2.26. The third kappa shape index (κ3) is 6.14. The topological polar surface area (TPSA) is 124 Å². The molecule has 1 heterocycles. The van der Waals surface area contributed by atoms with Gasteiger partial charge in [-0.3, -0.25) is 14.6 Å². The molecule has 148 valence electrons. The molecule has 2 aromatic rings. The van der Waals surface area contributed by atoms with E-state index in [0.29, 0.717) is 6.42 Å². The van der Waals surface area contributed by atoms with Gasteiger partial charge in [0.25, 0.3) is 5.91 Å². The fourth-order valence-corrected chi connectivity index (χ4v) is 2.74. The standard InChI is InChI=1S/C19H25BN4O4/c1-3-13(2)17(20(27)28)24-18(25)15(11-14-7-5-4-6-8-14)23-19(26)16-12-21-9-10-22-16/h4-10,12-13,15,17,27-28H,3,11H2,1-2H3,(H,23,26)(H,24,25)/t13?,15-,17-/m0/s1. The van der Waals surface area contributed by atoms with Crippen LogP contribution < -0.4 is 10.6 Å². The van der Waals surface area contributed by atoms with Gasteiger partial charge in [-0.2, -0.15) is 0 Å². The molecule has 1 aromatic carbocycles. The van der Waals surface area contributed by atoms with Gasteiger partial charge in [0.15, 0.2) is 0 Å². The predicted molar refractivity (Wildman–Crippen MR) is 105 cm³/mol. The highest BCUT2D eigenvalue weighted by Crippen LogP contribution is 2.10. The van der Waals surface area contributed by atoms with E-state index in [-0.39, 0.29) is 18.0 Å². The lowest BCUT2D eigenvalue weighted by Crippen LogP contribution is -2.56. The number of carbonyl (C=O) groups is 2. The maximum Gasteiger partial charge on any atom is 0.475 e. The Morgan fingerprint density at radius 1 is 1.14 bits per heavy atom. The molecule has 9 heteroatoms. The number of benzene rings is 1. The normalized spacial score (nSPS) is 13.9. The third-order valence-electron chi connectivity index (χ3n) is 4.59. The van der Waals surface area contributed by atoms with Gasteiger partial charge in [0.05, 0.1) is 12.1 Å². The van der Waals surface area contributed by atoms with Crippen molar-refractivity contribution in [3.8, 4) is 0 Å². The van der Waals surface area contributed by atoms with E-state index in [4.69, 9.17) is 0 Å². The van der Waals surface area contributed by atoms with Gasteiger partial charge in [0, 0.05) is 18.8 Å².